The Balaban J connectivity index is 1.36. The van der Waals surface area contributed by atoms with Crippen LogP contribution in [0.2, 0.25) is 0 Å². The number of para-hydroxylation sites is 2. The Hall–Kier alpha value is -3.35. The first-order chi connectivity index (χ1) is 14.5. The number of anilines is 2. The summed E-state index contributed by atoms with van der Waals surface area (Å²) in [4.78, 5) is 37.9. The third kappa shape index (κ3) is 6.07. The first kappa shape index (κ1) is 21.4. The number of carbonyl (C=O) groups is 3. The molecular formula is C23H28N4O3. The predicted octanol–water partition coefficient (Wildman–Crippen LogP) is 3.07. The molecule has 1 aliphatic heterocycles. The minimum Gasteiger partial charge on any atom is -0.354 e. The van der Waals surface area contributed by atoms with Gasteiger partial charge < -0.3 is 16.0 Å². The number of nitrogens with one attached hydrogen (secondary N) is 3. The Bertz CT molecular complexity index is 885. The second-order valence-electron chi connectivity index (χ2n) is 7.48. The van der Waals surface area contributed by atoms with Crippen LogP contribution in [0.4, 0.5) is 16.2 Å². The van der Waals surface area contributed by atoms with Crippen LogP contribution in [0.5, 0.6) is 0 Å². The summed E-state index contributed by atoms with van der Waals surface area (Å²) in [6.45, 7) is 2.34. The van der Waals surface area contributed by atoms with Crippen molar-refractivity contribution in [3.8, 4) is 0 Å². The molecule has 7 nitrogen and oxygen atoms in total. The van der Waals surface area contributed by atoms with Gasteiger partial charge in [-0.3, -0.25) is 14.5 Å². The lowest BCUT2D eigenvalue weighted by Gasteiger charge is -2.29. The minimum atomic E-state index is -0.339. The van der Waals surface area contributed by atoms with E-state index in [1.54, 1.807) is 18.2 Å². The highest BCUT2D eigenvalue weighted by atomic mass is 16.2. The van der Waals surface area contributed by atoms with Gasteiger partial charge in [-0.2, -0.15) is 0 Å². The average Bonchev–Trinajstić information content (AvgIpc) is 2.75. The van der Waals surface area contributed by atoms with E-state index >= 15 is 0 Å². The molecular weight excluding hydrogens is 380 g/mol. The van der Waals surface area contributed by atoms with Crippen LogP contribution < -0.4 is 20.9 Å². The van der Waals surface area contributed by atoms with Crippen LogP contribution in [-0.2, 0) is 16.0 Å². The molecule has 0 spiro atoms. The van der Waals surface area contributed by atoms with Crippen LogP contribution in [0, 0.1) is 0 Å². The number of rotatable bonds is 8. The third-order valence-corrected chi connectivity index (χ3v) is 4.99. The van der Waals surface area contributed by atoms with Crippen molar-refractivity contribution in [2.24, 2.45) is 0 Å². The molecule has 2 aromatic rings. The summed E-state index contributed by atoms with van der Waals surface area (Å²) in [5.41, 5.74) is 2.54. The van der Waals surface area contributed by atoms with Gasteiger partial charge in [0.1, 0.15) is 6.54 Å². The van der Waals surface area contributed by atoms with E-state index in [1.807, 2.05) is 31.2 Å². The highest BCUT2D eigenvalue weighted by Gasteiger charge is 2.26. The van der Waals surface area contributed by atoms with E-state index < -0.39 is 0 Å². The van der Waals surface area contributed by atoms with Crippen LogP contribution in [0.25, 0.3) is 0 Å². The van der Waals surface area contributed by atoms with E-state index in [0.717, 1.165) is 12.8 Å². The molecule has 0 radical (unpaired) electrons. The molecule has 1 aliphatic rings. The molecule has 0 bridgehead atoms. The fourth-order valence-corrected chi connectivity index (χ4v) is 3.40. The van der Waals surface area contributed by atoms with E-state index in [2.05, 4.69) is 28.1 Å². The Labute approximate surface area is 176 Å². The fraction of sp³-hybridized carbons (Fsp3) is 0.348. The maximum absolute atomic E-state index is 12.5. The summed E-state index contributed by atoms with van der Waals surface area (Å²) in [6, 6.07) is 17.1. The normalized spacial score (nSPS) is 13.8. The number of nitrogens with zero attached hydrogens (tertiary/aromatic N) is 1. The van der Waals surface area contributed by atoms with Crippen LogP contribution >= 0.6 is 0 Å². The SMILES string of the molecule is C[C@H](CCc1ccccc1)NC(=O)CCCNC(=O)N1CC(=O)Nc2ccccc21. The Kier molecular flexibility index (Phi) is 7.43. The molecule has 0 saturated heterocycles. The van der Waals surface area contributed by atoms with Gasteiger partial charge in [-0.15, -0.1) is 0 Å². The van der Waals surface area contributed by atoms with Gasteiger partial charge in [0.25, 0.3) is 0 Å². The number of benzene rings is 2. The van der Waals surface area contributed by atoms with E-state index in [4.69, 9.17) is 0 Å². The van der Waals surface area contributed by atoms with Gasteiger partial charge in [0.15, 0.2) is 0 Å². The zero-order valence-electron chi connectivity index (χ0n) is 17.2. The molecule has 3 rings (SSSR count). The van der Waals surface area contributed by atoms with Crippen molar-refractivity contribution in [2.45, 2.75) is 38.6 Å². The highest BCUT2D eigenvalue weighted by Crippen LogP contribution is 2.28. The number of hydrogen-bond donors (Lipinski definition) is 3. The van der Waals surface area contributed by atoms with Crippen molar-refractivity contribution in [1.29, 1.82) is 0 Å². The molecule has 3 N–H and O–H groups in total. The number of hydrogen-bond acceptors (Lipinski definition) is 3. The van der Waals surface area contributed by atoms with Crippen LogP contribution in [0.3, 0.4) is 0 Å². The topological polar surface area (TPSA) is 90.5 Å². The zero-order chi connectivity index (χ0) is 21.3. The molecule has 0 aromatic heterocycles. The molecule has 30 heavy (non-hydrogen) atoms. The van der Waals surface area contributed by atoms with Crippen molar-refractivity contribution in [2.75, 3.05) is 23.3 Å². The van der Waals surface area contributed by atoms with Crippen LogP contribution in [-0.4, -0.2) is 37.0 Å². The molecule has 0 aliphatic carbocycles. The Morgan fingerprint density at radius 3 is 2.63 bits per heavy atom. The quantitative estimate of drug-likeness (QED) is 0.587. The zero-order valence-corrected chi connectivity index (χ0v) is 17.2. The molecule has 0 unspecified atom stereocenters. The fourth-order valence-electron chi connectivity index (χ4n) is 3.40. The second kappa shape index (κ2) is 10.4. The lowest BCUT2D eigenvalue weighted by molar-refractivity contribution is -0.121. The number of carbonyl (C=O) groups excluding carboxylic acids is 3. The van der Waals surface area contributed by atoms with Crippen molar-refractivity contribution in [3.05, 3.63) is 60.2 Å². The largest absolute Gasteiger partial charge is 0.354 e. The summed E-state index contributed by atoms with van der Waals surface area (Å²) in [7, 11) is 0. The minimum absolute atomic E-state index is 0.0208. The molecule has 4 amide bonds. The predicted molar refractivity (Wildman–Crippen MR) is 117 cm³/mol. The van der Waals surface area contributed by atoms with Gasteiger partial charge in [0.05, 0.1) is 11.4 Å². The van der Waals surface area contributed by atoms with E-state index in [0.29, 0.717) is 30.8 Å². The maximum atomic E-state index is 12.5. The number of fused-ring (bicyclic) bond motifs is 1. The average molecular weight is 409 g/mol. The van der Waals surface area contributed by atoms with Crippen molar-refractivity contribution in [3.63, 3.8) is 0 Å². The van der Waals surface area contributed by atoms with E-state index in [1.165, 1.54) is 10.5 Å². The summed E-state index contributed by atoms with van der Waals surface area (Å²) >= 11 is 0. The second-order valence-corrected chi connectivity index (χ2v) is 7.48. The lowest BCUT2D eigenvalue weighted by Crippen LogP contribution is -2.47. The molecule has 2 aromatic carbocycles. The van der Waals surface area contributed by atoms with Gasteiger partial charge in [0.2, 0.25) is 11.8 Å². The first-order valence-corrected chi connectivity index (χ1v) is 10.3. The summed E-state index contributed by atoms with van der Waals surface area (Å²) < 4.78 is 0. The molecule has 0 saturated carbocycles. The van der Waals surface area contributed by atoms with Crippen molar-refractivity contribution >= 4 is 29.2 Å². The number of aryl methyl sites for hydroxylation is 1. The van der Waals surface area contributed by atoms with Gasteiger partial charge in [-0.1, -0.05) is 42.5 Å². The third-order valence-electron chi connectivity index (χ3n) is 4.99. The van der Waals surface area contributed by atoms with Crippen LogP contribution in [0.1, 0.15) is 31.7 Å². The van der Waals surface area contributed by atoms with E-state index in [9.17, 15) is 14.4 Å². The van der Waals surface area contributed by atoms with Crippen LogP contribution in [0.15, 0.2) is 54.6 Å². The Morgan fingerprint density at radius 1 is 1.10 bits per heavy atom. The smallest absolute Gasteiger partial charge is 0.322 e. The number of amides is 4. The number of urea groups is 1. The summed E-state index contributed by atoms with van der Waals surface area (Å²) in [5, 5.41) is 8.55. The lowest BCUT2D eigenvalue weighted by atomic mass is 10.1. The van der Waals surface area contributed by atoms with E-state index in [-0.39, 0.29) is 30.4 Å². The molecule has 158 valence electrons. The molecule has 0 fully saturated rings. The Morgan fingerprint density at radius 2 is 1.83 bits per heavy atom. The summed E-state index contributed by atoms with van der Waals surface area (Å²) in [5.74, 6) is -0.250. The monoisotopic (exact) mass is 408 g/mol. The van der Waals surface area contributed by atoms with Gasteiger partial charge in [-0.05, 0) is 43.9 Å². The molecule has 7 heteroatoms. The van der Waals surface area contributed by atoms with Gasteiger partial charge in [-0.25, -0.2) is 4.79 Å². The first-order valence-electron chi connectivity index (χ1n) is 10.3. The van der Waals surface area contributed by atoms with Gasteiger partial charge in [0, 0.05) is 19.0 Å². The van der Waals surface area contributed by atoms with Gasteiger partial charge >= 0.3 is 6.03 Å². The molecule has 1 atom stereocenters. The summed E-state index contributed by atoms with van der Waals surface area (Å²) in [6.07, 6.45) is 2.67. The standard InChI is InChI=1S/C23H28N4O3/c1-17(13-14-18-8-3-2-4-9-18)25-21(28)12-7-15-24-23(30)27-16-22(29)26-19-10-5-6-11-20(19)27/h2-6,8-11,17H,7,12-16H2,1H3,(H,24,30)(H,25,28)(H,26,29)/t17-/m1/s1. The highest BCUT2D eigenvalue weighted by molar-refractivity contribution is 6.09. The molecule has 1 heterocycles. The maximum Gasteiger partial charge on any atom is 0.322 e. The van der Waals surface area contributed by atoms with Crippen molar-refractivity contribution in [1.82, 2.24) is 10.6 Å². The van der Waals surface area contributed by atoms with Crippen molar-refractivity contribution < 1.29 is 14.4 Å².